The number of nitrogens with one attached hydrogen (secondary N) is 1. The molecule has 1 aliphatic rings. The molecule has 0 unspecified atom stereocenters. The van der Waals surface area contributed by atoms with E-state index in [4.69, 9.17) is 9.47 Å². The maximum atomic E-state index is 12.2. The van der Waals surface area contributed by atoms with Gasteiger partial charge in [0.15, 0.2) is 11.5 Å². The molecule has 8 nitrogen and oxygen atoms in total. The minimum atomic E-state index is -0.472. The standard InChI is InChI=1S/C17H15N3O5/c1-11(12-2-5-14(6-3-12)20(22)23)18-19-17(21)13-4-7-15-16(10-13)25-9-8-24-15/h2-7,10H,8-9H2,1H3,(H,19,21)/b18-11+. The Bertz CT molecular complexity index is 846. The quantitative estimate of drug-likeness (QED) is 0.523. The van der Waals surface area contributed by atoms with Crippen molar-refractivity contribution in [2.24, 2.45) is 5.10 Å². The highest BCUT2D eigenvalue weighted by Gasteiger charge is 2.15. The Morgan fingerprint density at radius 1 is 1.08 bits per heavy atom. The summed E-state index contributed by atoms with van der Waals surface area (Å²) < 4.78 is 10.9. The fraction of sp³-hybridized carbons (Fsp3) is 0.176. The van der Waals surface area contributed by atoms with Gasteiger partial charge in [0.2, 0.25) is 0 Å². The van der Waals surface area contributed by atoms with Gasteiger partial charge in [-0.25, -0.2) is 5.43 Å². The number of carbonyl (C=O) groups is 1. The maximum Gasteiger partial charge on any atom is 0.271 e. The number of amides is 1. The minimum Gasteiger partial charge on any atom is -0.486 e. The molecule has 2 aromatic rings. The summed E-state index contributed by atoms with van der Waals surface area (Å²) in [7, 11) is 0. The van der Waals surface area contributed by atoms with Crippen molar-refractivity contribution in [2.45, 2.75) is 6.92 Å². The average molecular weight is 341 g/mol. The molecule has 1 N–H and O–H groups in total. The van der Waals surface area contributed by atoms with Crippen LogP contribution in [0, 0.1) is 10.1 Å². The molecule has 1 heterocycles. The van der Waals surface area contributed by atoms with Gasteiger partial charge in [0, 0.05) is 17.7 Å². The third-order valence-electron chi connectivity index (χ3n) is 3.63. The van der Waals surface area contributed by atoms with Crippen LogP contribution in [0.3, 0.4) is 0 Å². The molecular formula is C17H15N3O5. The number of nitro groups is 1. The number of non-ortho nitro benzene ring substituents is 1. The van der Waals surface area contributed by atoms with Crippen LogP contribution in [0.25, 0.3) is 0 Å². The Morgan fingerprint density at radius 2 is 1.72 bits per heavy atom. The van der Waals surface area contributed by atoms with Crippen molar-refractivity contribution in [1.29, 1.82) is 0 Å². The highest BCUT2D eigenvalue weighted by atomic mass is 16.6. The Kier molecular flexibility index (Phi) is 4.60. The van der Waals surface area contributed by atoms with Crippen molar-refractivity contribution in [2.75, 3.05) is 13.2 Å². The lowest BCUT2D eigenvalue weighted by atomic mass is 10.1. The molecule has 0 spiro atoms. The lowest BCUT2D eigenvalue weighted by Crippen LogP contribution is -2.20. The van der Waals surface area contributed by atoms with Crippen molar-refractivity contribution in [3.63, 3.8) is 0 Å². The van der Waals surface area contributed by atoms with Gasteiger partial charge in [-0.05, 0) is 42.8 Å². The predicted octanol–water partition coefficient (Wildman–Crippen LogP) is 2.52. The second kappa shape index (κ2) is 7.00. The monoisotopic (exact) mass is 341 g/mol. The van der Waals surface area contributed by atoms with E-state index in [1.165, 1.54) is 12.1 Å². The minimum absolute atomic E-state index is 0.00290. The molecule has 0 aliphatic carbocycles. The van der Waals surface area contributed by atoms with E-state index in [1.807, 2.05) is 0 Å². The Balaban J connectivity index is 1.70. The second-order valence-electron chi connectivity index (χ2n) is 5.30. The lowest BCUT2D eigenvalue weighted by Gasteiger charge is -2.18. The number of ether oxygens (including phenoxy) is 2. The normalized spacial score (nSPS) is 13.2. The van der Waals surface area contributed by atoms with Gasteiger partial charge in [-0.1, -0.05) is 0 Å². The van der Waals surface area contributed by atoms with E-state index in [9.17, 15) is 14.9 Å². The average Bonchev–Trinajstić information content (AvgIpc) is 2.65. The van der Waals surface area contributed by atoms with E-state index >= 15 is 0 Å². The largest absolute Gasteiger partial charge is 0.486 e. The van der Waals surface area contributed by atoms with Crippen LogP contribution in [0.15, 0.2) is 47.6 Å². The Labute approximate surface area is 143 Å². The number of hydrogen-bond donors (Lipinski definition) is 1. The summed E-state index contributed by atoms with van der Waals surface area (Å²) in [6, 6.07) is 10.8. The van der Waals surface area contributed by atoms with Crippen LogP contribution < -0.4 is 14.9 Å². The van der Waals surface area contributed by atoms with E-state index in [0.29, 0.717) is 41.6 Å². The van der Waals surface area contributed by atoms with Crippen molar-refractivity contribution in [3.05, 3.63) is 63.7 Å². The molecule has 1 aliphatic heterocycles. The molecule has 0 saturated heterocycles. The van der Waals surface area contributed by atoms with Crippen LogP contribution in [0.4, 0.5) is 5.69 Å². The summed E-state index contributed by atoms with van der Waals surface area (Å²) in [6.45, 7) is 2.62. The first kappa shape index (κ1) is 16.4. The SMILES string of the molecule is C/C(=N\NC(=O)c1ccc2c(c1)OCCO2)c1ccc([N+](=O)[O-])cc1. The number of nitro benzene ring substituents is 1. The third-order valence-corrected chi connectivity index (χ3v) is 3.63. The topological polar surface area (TPSA) is 103 Å². The molecule has 25 heavy (non-hydrogen) atoms. The summed E-state index contributed by atoms with van der Waals surface area (Å²) in [5.41, 5.74) is 4.05. The Hall–Kier alpha value is -3.42. The van der Waals surface area contributed by atoms with Gasteiger partial charge in [-0.15, -0.1) is 0 Å². The van der Waals surface area contributed by atoms with E-state index in [0.717, 1.165) is 0 Å². The van der Waals surface area contributed by atoms with E-state index in [-0.39, 0.29) is 5.69 Å². The predicted molar refractivity (Wildman–Crippen MR) is 90.2 cm³/mol. The number of nitrogens with zero attached hydrogens (tertiary/aromatic N) is 2. The van der Waals surface area contributed by atoms with Crippen LogP contribution in [0.5, 0.6) is 11.5 Å². The molecule has 0 bridgehead atoms. The molecule has 0 saturated carbocycles. The molecule has 2 aromatic carbocycles. The smallest absolute Gasteiger partial charge is 0.271 e. The fourth-order valence-electron chi connectivity index (χ4n) is 2.27. The summed E-state index contributed by atoms with van der Waals surface area (Å²) in [5.74, 6) is 0.738. The van der Waals surface area contributed by atoms with Gasteiger partial charge in [0.05, 0.1) is 10.6 Å². The molecule has 128 valence electrons. The highest BCUT2D eigenvalue weighted by molar-refractivity contribution is 6.01. The van der Waals surface area contributed by atoms with Crippen molar-refractivity contribution in [3.8, 4) is 11.5 Å². The summed E-state index contributed by atoms with van der Waals surface area (Å²) >= 11 is 0. The molecular weight excluding hydrogens is 326 g/mol. The summed E-state index contributed by atoms with van der Waals surface area (Å²) in [4.78, 5) is 22.4. The first-order valence-electron chi connectivity index (χ1n) is 7.54. The van der Waals surface area contributed by atoms with Gasteiger partial charge in [-0.2, -0.15) is 5.10 Å². The fourth-order valence-corrected chi connectivity index (χ4v) is 2.27. The number of fused-ring (bicyclic) bond motifs is 1. The first-order valence-corrected chi connectivity index (χ1v) is 7.54. The van der Waals surface area contributed by atoms with Crippen molar-refractivity contribution >= 4 is 17.3 Å². The van der Waals surface area contributed by atoms with Crippen LogP contribution >= 0.6 is 0 Å². The van der Waals surface area contributed by atoms with E-state index in [2.05, 4.69) is 10.5 Å². The molecule has 8 heteroatoms. The van der Waals surface area contributed by atoms with Crippen molar-refractivity contribution < 1.29 is 19.2 Å². The van der Waals surface area contributed by atoms with Crippen LogP contribution in [-0.2, 0) is 0 Å². The molecule has 0 fully saturated rings. The Morgan fingerprint density at radius 3 is 2.40 bits per heavy atom. The zero-order valence-electron chi connectivity index (χ0n) is 13.4. The highest BCUT2D eigenvalue weighted by Crippen LogP contribution is 2.30. The number of hydrogen-bond acceptors (Lipinski definition) is 6. The van der Waals surface area contributed by atoms with E-state index in [1.54, 1.807) is 37.3 Å². The zero-order valence-corrected chi connectivity index (χ0v) is 13.4. The molecule has 3 rings (SSSR count). The molecule has 1 amide bonds. The zero-order chi connectivity index (χ0) is 17.8. The molecule has 0 atom stereocenters. The number of rotatable bonds is 4. The van der Waals surface area contributed by atoms with Gasteiger partial charge in [-0.3, -0.25) is 14.9 Å². The van der Waals surface area contributed by atoms with E-state index < -0.39 is 10.8 Å². The van der Waals surface area contributed by atoms with Gasteiger partial charge in [0.25, 0.3) is 11.6 Å². The molecule has 0 aromatic heterocycles. The number of carbonyl (C=O) groups excluding carboxylic acids is 1. The van der Waals surface area contributed by atoms with Gasteiger partial charge >= 0.3 is 0 Å². The van der Waals surface area contributed by atoms with Crippen molar-refractivity contribution in [1.82, 2.24) is 5.43 Å². The van der Waals surface area contributed by atoms with Crippen LogP contribution in [0.1, 0.15) is 22.8 Å². The summed E-state index contributed by atoms with van der Waals surface area (Å²) in [5, 5.41) is 14.7. The number of benzene rings is 2. The third kappa shape index (κ3) is 3.74. The summed E-state index contributed by atoms with van der Waals surface area (Å²) in [6.07, 6.45) is 0. The molecule has 0 radical (unpaired) electrons. The van der Waals surface area contributed by atoms with Crippen LogP contribution in [-0.4, -0.2) is 29.8 Å². The lowest BCUT2D eigenvalue weighted by molar-refractivity contribution is -0.384. The first-order chi connectivity index (χ1) is 12.0. The maximum absolute atomic E-state index is 12.2. The van der Waals surface area contributed by atoms with Gasteiger partial charge in [0.1, 0.15) is 13.2 Å². The van der Waals surface area contributed by atoms with Crippen LogP contribution in [0.2, 0.25) is 0 Å². The number of hydrazone groups is 1. The van der Waals surface area contributed by atoms with Gasteiger partial charge < -0.3 is 9.47 Å². The second-order valence-corrected chi connectivity index (χ2v) is 5.30.